The fraction of sp³-hybridized carbons (Fsp3) is 0.143. The van der Waals surface area contributed by atoms with Crippen LogP contribution in [0.5, 0.6) is 17.2 Å². The van der Waals surface area contributed by atoms with Crippen molar-refractivity contribution in [2.45, 2.75) is 13.8 Å². The van der Waals surface area contributed by atoms with Crippen LogP contribution in [0.1, 0.15) is 21.6 Å². The van der Waals surface area contributed by atoms with Crippen molar-refractivity contribution in [2.24, 2.45) is 0 Å². The van der Waals surface area contributed by atoms with E-state index in [1.165, 1.54) is 0 Å². The Morgan fingerprint density at radius 2 is 1.70 bits per heavy atom. The number of benzene rings is 2. The number of carbonyl (C=O) groups excluding carboxylic acids is 1. The molecule has 1 heterocycles. The quantitative estimate of drug-likeness (QED) is 0.704. The van der Waals surface area contributed by atoms with Gasteiger partial charge in [-0.3, -0.25) is 4.79 Å². The summed E-state index contributed by atoms with van der Waals surface area (Å²) >= 11 is 0. The molecule has 2 aromatic carbocycles. The molecular formula is C21H21N3O3. The van der Waals surface area contributed by atoms with Crippen LogP contribution in [0, 0.1) is 13.8 Å². The number of aryl methyl sites for hydroxylation is 2. The maximum Gasteiger partial charge on any atom is 0.259 e. The molecular weight excluding hydrogens is 342 g/mol. The molecule has 3 aromatic rings. The minimum Gasteiger partial charge on any atom is -0.493 e. The summed E-state index contributed by atoms with van der Waals surface area (Å²) in [5.74, 6) is 1.80. The SMILES string of the molecule is COc1ccccc1Oc1ccc(NC(=O)c2cc(C)c(C)nc2N)cc1. The number of hydrogen-bond acceptors (Lipinski definition) is 5. The topological polar surface area (TPSA) is 86.5 Å². The molecule has 0 bridgehead atoms. The van der Waals surface area contributed by atoms with Gasteiger partial charge < -0.3 is 20.5 Å². The summed E-state index contributed by atoms with van der Waals surface area (Å²) in [6.07, 6.45) is 0. The normalized spacial score (nSPS) is 10.3. The molecule has 0 radical (unpaired) electrons. The number of nitrogens with zero attached hydrogens (tertiary/aromatic N) is 1. The summed E-state index contributed by atoms with van der Waals surface area (Å²) in [5, 5.41) is 2.82. The number of carbonyl (C=O) groups is 1. The lowest BCUT2D eigenvalue weighted by Gasteiger charge is -2.11. The zero-order valence-corrected chi connectivity index (χ0v) is 15.4. The molecule has 0 spiro atoms. The average molecular weight is 363 g/mol. The smallest absolute Gasteiger partial charge is 0.259 e. The third kappa shape index (κ3) is 4.17. The summed E-state index contributed by atoms with van der Waals surface area (Å²) in [4.78, 5) is 16.7. The number of nitrogen functional groups attached to an aromatic ring is 1. The number of para-hydroxylation sites is 2. The van der Waals surface area contributed by atoms with E-state index in [0.717, 1.165) is 11.3 Å². The molecule has 0 aliphatic carbocycles. The van der Waals surface area contributed by atoms with Crippen molar-refractivity contribution in [3.05, 3.63) is 71.4 Å². The van der Waals surface area contributed by atoms with Crippen LogP contribution in [0.25, 0.3) is 0 Å². The first-order chi connectivity index (χ1) is 13.0. The predicted molar refractivity (Wildman–Crippen MR) is 106 cm³/mol. The molecule has 0 atom stereocenters. The average Bonchev–Trinajstić information content (AvgIpc) is 2.66. The van der Waals surface area contributed by atoms with Gasteiger partial charge in [0, 0.05) is 11.4 Å². The standard InChI is InChI=1S/C21H21N3O3/c1-13-12-17(20(22)23-14(13)2)21(25)24-15-8-10-16(11-9-15)27-19-7-5-4-6-18(19)26-3/h4-12H,1-3H3,(H2,22,23)(H,24,25). The van der Waals surface area contributed by atoms with E-state index in [-0.39, 0.29) is 11.7 Å². The zero-order chi connectivity index (χ0) is 19.4. The number of hydrogen-bond donors (Lipinski definition) is 2. The van der Waals surface area contributed by atoms with Crippen molar-refractivity contribution in [3.8, 4) is 17.2 Å². The molecule has 0 fully saturated rings. The molecule has 3 rings (SSSR count). The molecule has 1 amide bonds. The number of methoxy groups -OCH3 is 1. The molecule has 0 saturated carbocycles. The molecule has 0 aliphatic heterocycles. The van der Waals surface area contributed by atoms with Crippen LogP contribution in [0.15, 0.2) is 54.6 Å². The number of nitrogens with two attached hydrogens (primary N) is 1. The lowest BCUT2D eigenvalue weighted by molar-refractivity contribution is 0.102. The number of anilines is 2. The Morgan fingerprint density at radius 1 is 1.04 bits per heavy atom. The molecule has 0 aliphatic rings. The summed E-state index contributed by atoms with van der Waals surface area (Å²) < 4.78 is 11.1. The first-order valence-corrected chi connectivity index (χ1v) is 8.44. The van der Waals surface area contributed by atoms with Crippen molar-refractivity contribution in [2.75, 3.05) is 18.2 Å². The third-order valence-electron chi connectivity index (χ3n) is 4.15. The van der Waals surface area contributed by atoms with Crippen LogP contribution in [0.4, 0.5) is 11.5 Å². The molecule has 3 N–H and O–H groups in total. The highest BCUT2D eigenvalue weighted by Crippen LogP contribution is 2.31. The Kier molecular flexibility index (Phi) is 5.26. The Balaban J connectivity index is 1.72. The van der Waals surface area contributed by atoms with Crippen molar-refractivity contribution in [3.63, 3.8) is 0 Å². The van der Waals surface area contributed by atoms with E-state index < -0.39 is 0 Å². The molecule has 6 nitrogen and oxygen atoms in total. The first-order valence-electron chi connectivity index (χ1n) is 8.44. The van der Waals surface area contributed by atoms with Gasteiger partial charge in [0.25, 0.3) is 5.91 Å². The second kappa shape index (κ2) is 7.78. The Hall–Kier alpha value is -3.54. The second-order valence-corrected chi connectivity index (χ2v) is 6.05. The Morgan fingerprint density at radius 3 is 2.37 bits per heavy atom. The van der Waals surface area contributed by atoms with Crippen LogP contribution >= 0.6 is 0 Å². The van der Waals surface area contributed by atoms with E-state index >= 15 is 0 Å². The monoisotopic (exact) mass is 363 g/mol. The number of pyridine rings is 1. The van der Waals surface area contributed by atoms with Gasteiger partial charge in [-0.15, -0.1) is 0 Å². The molecule has 27 heavy (non-hydrogen) atoms. The van der Waals surface area contributed by atoms with Gasteiger partial charge in [0.1, 0.15) is 11.6 Å². The number of nitrogens with one attached hydrogen (secondary N) is 1. The van der Waals surface area contributed by atoms with Crippen molar-refractivity contribution >= 4 is 17.4 Å². The summed E-state index contributed by atoms with van der Waals surface area (Å²) in [7, 11) is 1.59. The first kappa shape index (κ1) is 18.3. The molecule has 0 saturated heterocycles. The van der Waals surface area contributed by atoms with Gasteiger partial charge in [-0.05, 0) is 61.9 Å². The van der Waals surface area contributed by atoms with Crippen LogP contribution in [0.2, 0.25) is 0 Å². The van der Waals surface area contributed by atoms with Gasteiger partial charge in [-0.25, -0.2) is 4.98 Å². The van der Waals surface area contributed by atoms with E-state index in [2.05, 4.69) is 10.3 Å². The lowest BCUT2D eigenvalue weighted by Crippen LogP contribution is -2.15. The molecule has 0 unspecified atom stereocenters. The van der Waals surface area contributed by atoms with Gasteiger partial charge in [-0.1, -0.05) is 12.1 Å². The van der Waals surface area contributed by atoms with Gasteiger partial charge in [0.05, 0.1) is 12.7 Å². The van der Waals surface area contributed by atoms with Crippen molar-refractivity contribution in [1.29, 1.82) is 0 Å². The Labute approximate surface area is 158 Å². The van der Waals surface area contributed by atoms with Crippen molar-refractivity contribution in [1.82, 2.24) is 4.98 Å². The van der Waals surface area contributed by atoms with Crippen molar-refractivity contribution < 1.29 is 14.3 Å². The van der Waals surface area contributed by atoms with Gasteiger partial charge >= 0.3 is 0 Å². The molecule has 6 heteroatoms. The third-order valence-corrected chi connectivity index (χ3v) is 4.15. The highest BCUT2D eigenvalue weighted by Gasteiger charge is 2.13. The highest BCUT2D eigenvalue weighted by atomic mass is 16.5. The largest absolute Gasteiger partial charge is 0.493 e. The van der Waals surface area contributed by atoms with Gasteiger partial charge in [-0.2, -0.15) is 0 Å². The summed E-state index contributed by atoms with van der Waals surface area (Å²) in [5.41, 5.74) is 8.58. The fourth-order valence-corrected chi connectivity index (χ4v) is 2.54. The summed E-state index contributed by atoms with van der Waals surface area (Å²) in [6.45, 7) is 3.75. The summed E-state index contributed by atoms with van der Waals surface area (Å²) in [6, 6.07) is 16.2. The minimum absolute atomic E-state index is 0.215. The molecule has 138 valence electrons. The van der Waals surface area contributed by atoms with Crippen LogP contribution in [0.3, 0.4) is 0 Å². The fourth-order valence-electron chi connectivity index (χ4n) is 2.54. The number of rotatable bonds is 5. The minimum atomic E-state index is -0.304. The number of amides is 1. The van der Waals surface area contributed by atoms with Gasteiger partial charge in [0.2, 0.25) is 0 Å². The van der Waals surface area contributed by atoms with E-state index in [9.17, 15) is 4.79 Å². The van der Waals surface area contributed by atoms with Crippen LogP contribution in [-0.4, -0.2) is 18.0 Å². The molecule has 1 aromatic heterocycles. The van der Waals surface area contributed by atoms with Crippen LogP contribution < -0.4 is 20.5 Å². The highest BCUT2D eigenvalue weighted by molar-refractivity contribution is 6.07. The maximum absolute atomic E-state index is 12.5. The van der Waals surface area contributed by atoms with E-state index in [1.807, 2.05) is 38.1 Å². The lowest BCUT2D eigenvalue weighted by atomic mass is 10.1. The maximum atomic E-state index is 12.5. The van der Waals surface area contributed by atoms with E-state index in [4.69, 9.17) is 15.2 Å². The predicted octanol–water partition coefficient (Wildman–Crippen LogP) is 4.33. The second-order valence-electron chi connectivity index (χ2n) is 6.05. The zero-order valence-electron chi connectivity index (χ0n) is 15.4. The van der Waals surface area contributed by atoms with Gasteiger partial charge in [0.15, 0.2) is 11.5 Å². The number of aromatic nitrogens is 1. The van der Waals surface area contributed by atoms with E-state index in [0.29, 0.717) is 28.5 Å². The van der Waals surface area contributed by atoms with Crippen LogP contribution in [-0.2, 0) is 0 Å². The van der Waals surface area contributed by atoms with E-state index in [1.54, 1.807) is 37.4 Å². The number of ether oxygens (including phenoxy) is 2. The Bertz CT molecular complexity index is 969.